The Kier molecular flexibility index (Phi) is 4.84. The first-order chi connectivity index (χ1) is 9.36. The largest absolute Gasteiger partial charge is 0.326 e. The van der Waals surface area contributed by atoms with Crippen LogP contribution in [0.25, 0.3) is 21.8 Å². The molecule has 0 saturated heterocycles. The SMILES string of the molecule is Cl.NCc1ccc(-c2csc(-c3ccncc3)n2)cc1. The molecular formula is C15H14ClN3S. The molecule has 0 fully saturated rings. The summed E-state index contributed by atoms with van der Waals surface area (Å²) in [6, 6.07) is 12.2. The summed E-state index contributed by atoms with van der Waals surface area (Å²) < 4.78 is 0. The van der Waals surface area contributed by atoms with Gasteiger partial charge in [-0.15, -0.1) is 23.7 Å². The molecule has 2 heterocycles. The summed E-state index contributed by atoms with van der Waals surface area (Å²) in [5, 5.41) is 3.09. The van der Waals surface area contributed by atoms with Crippen LogP contribution in [0.5, 0.6) is 0 Å². The molecule has 0 aliphatic heterocycles. The minimum Gasteiger partial charge on any atom is -0.326 e. The van der Waals surface area contributed by atoms with E-state index in [1.54, 1.807) is 23.7 Å². The average molecular weight is 304 g/mol. The van der Waals surface area contributed by atoms with E-state index < -0.39 is 0 Å². The summed E-state index contributed by atoms with van der Waals surface area (Å²) in [4.78, 5) is 8.69. The fourth-order valence-electron chi connectivity index (χ4n) is 1.84. The second-order valence-corrected chi connectivity index (χ2v) is 5.03. The van der Waals surface area contributed by atoms with E-state index in [2.05, 4.69) is 27.5 Å². The molecular weight excluding hydrogens is 290 g/mol. The van der Waals surface area contributed by atoms with Crippen LogP contribution in [0.3, 0.4) is 0 Å². The van der Waals surface area contributed by atoms with Crippen molar-refractivity contribution in [3.8, 4) is 21.8 Å². The molecule has 0 amide bonds. The maximum absolute atomic E-state index is 5.60. The second kappa shape index (κ2) is 6.61. The Bertz CT molecular complexity index is 665. The molecule has 0 spiro atoms. The molecule has 0 aliphatic carbocycles. The van der Waals surface area contributed by atoms with Crippen molar-refractivity contribution in [1.29, 1.82) is 0 Å². The molecule has 3 rings (SSSR count). The number of hydrogen-bond acceptors (Lipinski definition) is 4. The number of benzene rings is 1. The fourth-order valence-corrected chi connectivity index (χ4v) is 2.68. The van der Waals surface area contributed by atoms with Gasteiger partial charge < -0.3 is 5.73 Å². The van der Waals surface area contributed by atoms with Gasteiger partial charge >= 0.3 is 0 Å². The van der Waals surface area contributed by atoms with Crippen molar-refractivity contribution in [2.45, 2.75) is 6.54 Å². The number of rotatable bonds is 3. The van der Waals surface area contributed by atoms with Crippen molar-refractivity contribution >= 4 is 23.7 Å². The molecule has 102 valence electrons. The Morgan fingerprint density at radius 3 is 2.30 bits per heavy atom. The van der Waals surface area contributed by atoms with Crippen molar-refractivity contribution in [2.75, 3.05) is 0 Å². The first-order valence-corrected chi connectivity index (χ1v) is 6.90. The van der Waals surface area contributed by atoms with E-state index in [9.17, 15) is 0 Å². The summed E-state index contributed by atoms with van der Waals surface area (Å²) in [5.41, 5.74) is 9.95. The minimum absolute atomic E-state index is 0. The third-order valence-electron chi connectivity index (χ3n) is 2.92. The third-order valence-corrected chi connectivity index (χ3v) is 3.81. The lowest BCUT2D eigenvalue weighted by Crippen LogP contribution is -1.95. The highest BCUT2D eigenvalue weighted by molar-refractivity contribution is 7.13. The summed E-state index contributed by atoms with van der Waals surface area (Å²) in [6.45, 7) is 0.569. The molecule has 0 atom stereocenters. The zero-order chi connectivity index (χ0) is 13.1. The van der Waals surface area contributed by atoms with Gasteiger partial charge in [0.15, 0.2) is 0 Å². The lowest BCUT2D eigenvalue weighted by atomic mass is 10.1. The van der Waals surface area contributed by atoms with E-state index in [4.69, 9.17) is 5.73 Å². The summed E-state index contributed by atoms with van der Waals surface area (Å²) >= 11 is 1.64. The maximum Gasteiger partial charge on any atom is 0.124 e. The zero-order valence-electron chi connectivity index (χ0n) is 10.7. The topological polar surface area (TPSA) is 51.8 Å². The third kappa shape index (κ3) is 3.04. The smallest absolute Gasteiger partial charge is 0.124 e. The van der Waals surface area contributed by atoms with Gasteiger partial charge in [-0.3, -0.25) is 4.98 Å². The highest BCUT2D eigenvalue weighted by Crippen LogP contribution is 2.28. The Balaban J connectivity index is 0.00000147. The van der Waals surface area contributed by atoms with E-state index in [1.165, 1.54) is 0 Å². The quantitative estimate of drug-likeness (QED) is 0.801. The molecule has 1 aromatic carbocycles. The molecule has 3 nitrogen and oxygen atoms in total. The number of aromatic nitrogens is 2. The number of hydrogen-bond donors (Lipinski definition) is 1. The highest BCUT2D eigenvalue weighted by atomic mass is 35.5. The molecule has 0 bridgehead atoms. The van der Waals surface area contributed by atoms with E-state index in [0.717, 1.165) is 27.4 Å². The maximum atomic E-state index is 5.60. The average Bonchev–Trinajstić information content (AvgIpc) is 2.98. The summed E-state index contributed by atoms with van der Waals surface area (Å²) in [5.74, 6) is 0. The van der Waals surface area contributed by atoms with E-state index in [0.29, 0.717) is 6.54 Å². The number of halogens is 1. The van der Waals surface area contributed by atoms with E-state index >= 15 is 0 Å². The molecule has 5 heteroatoms. The van der Waals surface area contributed by atoms with Crippen LogP contribution in [0.1, 0.15) is 5.56 Å². The van der Waals surface area contributed by atoms with Crippen LogP contribution in [-0.2, 0) is 6.54 Å². The predicted octanol–water partition coefficient (Wildman–Crippen LogP) is 3.75. The molecule has 0 unspecified atom stereocenters. The number of nitrogens with zero attached hydrogens (tertiary/aromatic N) is 2. The lowest BCUT2D eigenvalue weighted by molar-refractivity contribution is 1.07. The van der Waals surface area contributed by atoms with E-state index in [-0.39, 0.29) is 12.4 Å². The van der Waals surface area contributed by atoms with Crippen molar-refractivity contribution < 1.29 is 0 Å². The molecule has 2 aromatic heterocycles. The highest BCUT2D eigenvalue weighted by Gasteiger charge is 2.06. The molecule has 0 aliphatic rings. The standard InChI is InChI=1S/C15H13N3S.ClH/c16-9-11-1-3-12(4-2-11)14-10-19-15(18-14)13-5-7-17-8-6-13;/h1-8,10H,9,16H2;1H. The van der Waals surface area contributed by atoms with Crippen molar-refractivity contribution in [1.82, 2.24) is 9.97 Å². The lowest BCUT2D eigenvalue weighted by Gasteiger charge is -1.99. The molecule has 0 saturated carbocycles. The van der Waals surface area contributed by atoms with Crippen molar-refractivity contribution in [2.24, 2.45) is 5.73 Å². The Labute approximate surface area is 127 Å². The summed E-state index contributed by atoms with van der Waals surface area (Å²) in [7, 11) is 0. The van der Waals surface area contributed by atoms with E-state index in [1.807, 2.05) is 24.3 Å². The van der Waals surface area contributed by atoms with Crippen LogP contribution in [0, 0.1) is 0 Å². The van der Waals surface area contributed by atoms with Gasteiger partial charge in [0, 0.05) is 35.4 Å². The van der Waals surface area contributed by atoms with Gasteiger partial charge in [-0.2, -0.15) is 0 Å². The molecule has 3 aromatic rings. The molecule has 20 heavy (non-hydrogen) atoms. The van der Waals surface area contributed by atoms with Crippen LogP contribution >= 0.6 is 23.7 Å². The fraction of sp³-hybridized carbons (Fsp3) is 0.0667. The minimum atomic E-state index is 0. The molecule has 0 radical (unpaired) electrons. The number of thiazole rings is 1. The molecule has 2 N–H and O–H groups in total. The Morgan fingerprint density at radius 2 is 1.65 bits per heavy atom. The zero-order valence-corrected chi connectivity index (χ0v) is 12.3. The van der Waals surface area contributed by atoms with Gasteiger partial charge in [-0.1, -0.05) is 24.3 Å². The summed E-state index contributed by atoms with van der Waals surface area (Å²) in [6.07, 6.45) is 3.57. The number of nitrogens with two attached hydrogens (primary N) is 1. The predicted molar refractivity (Wildman–Crippen MR) is 85.9 cm³/mol. The van der Waals surface area contributed by atoms with Gasteiger partial charge in [0.2, 0.25) is 0 Å². The number of pyridine rings is 1. The first-order valence-electron chi connectivity index (χ1n) is 6.02. The normalized spacial score (nSPS) is 10.1. The first kappa shape index (κ1) is 14.7. The van der Waals surface area contributed by atoms with Crippen molar-refractivity contribution in [3.63, 3.8) is 0 Å². The van der Waals surface area contributed by atoms with Crippen LogP contribution in [0.2, 0.25) is 0 Å². The monoisotopic (exact) mass is 303 g/mol. The van der Waals surface area contributed by atoms with Crippen LogP contribution in [0.15, 0.2) is 54.2 Å². The van der Waals surface area contributed by atoms with Gasteiger partial charge in [0.05, 0.1) is 5.69 Å². The van der Waals surface area contributed by atoms with Crippen molar-refractivity contribution in [3.05, 3.63) is 59.7 Å². The van der Waals surface area contributed by atoms with Crippen LogP contribution in [-0.4, -0.2) is 9.97 Å². The van der Waals surface area contributed by atoms with Gasteiger partial charge in [0.1, 0.15) is 5.01 Å². The van der Waals surface area contributed by atoms with Gasteiger partial charge in [-0.25, -0.2) is 4.98 Å². The van der Waals surface area contributed by atoms with Gasteiger partial charge in [-0.05, 0) is 17.7 Å². The van der Waals surface area contributed by atoms with Gasteiger partial charge in [0.25, 0.3) is 0 Å². The second-order valence-electron chi connectivity index (χ2n) is 4.17. The van der Waals surface area contributed by atoms with Crippen LogP contribution in [0.4, 0.5) is 0 Å². The Hall–Kier alpha value is -1.75. The Morgan fingerprint density at radius 1 is 0.950 bits per heavy atom. The van der Waals surface area contributed by atoms with Crippen LogP contribution < -0.4 is 5.73 Å².